The zero-order chi connectivity index (χ0) is 21.8. The molecule has 12 nitrogen and oxygen atoms in total. The predicted molar refractivity (Wildman–Crippen MR) is 104 cm³/mol. The van der Waals surface area contributed by atoms with Crippen molar-refractivity contribution in [1.29, 1.82) is 0 Å². The summed E-state index contributed by atoms with van der Waals surface area (Å²) in [4.78, 5) is 22.2. The SMILES string of the molecule is Cc1ccc(C(=O)O[C@H]2[C@H](CO)N3C(N)=N[C@@H](CO)[C@@H]4N=C(N)N[C@@]43C2(O)O)cc1. The predicted octanol–water partition coefficient (Wildman–Crippen LogP) is -3.45. The molecular formula is C18H24N6O6. The van der Waals surface area contributed by atoms with Gasteiger partial charge in [-0.3, -0.25) is 0 Å². The monoisotopic (exact) mass is 420 g/mol. The minimum absolute atomic E-state index is 0.136. The van der Waals surface area contributed by atoms with Crippen molar-refractivity contribution in [2.75, 3.05) is 13.2 Å². The molecule has 0 amide bonds. The molecule has 0 unspecified atom stereocenters. The molecule has 4 rings (SSSR count). The van der Waals surface area contributed by atoms with Crippen LogP contribution >= 0.6 is 0 Å². The Balaban J connectivity index is 1.76. The molecule has 0 aliphatic carbocycles. The normalized spacial score (nSPS) is 33.8. The van der Waals surface area contributed by atoms with Crippen LogP contribution in [0.4, 0.5) is 0 Å². The number of aliphatic hydroxyl groups is 4. The van der Waals surface area contributed by atoms with Crippen LogP contribution in [-0.4, -0.2) is 92.1 Å². The molecule has 30 heavy (non-hydrogen) atoms. The van der Waals surface area contributed by atoms with Gasteiger partial charge in [-0.2, -0.15) is 0 Å². The van der Waals surface area contributed by atoms with Crippen LogP contribution in [0, 0.1) is 6.92 Å². The number of rotatable bonds is 4. The highest BCUT2D eigenvalue weighted by Crippen LogP contribution is 2.48. The maximum atomic E-state index is 12.7. The van der Waals surface area contributed by atoms with Gasteiger partial charge in [-0.15, -0.1) is 0 Å². The number of nitrogens with two attached hydrogens (primary N) is 2. The van der Waals surface area contributed by atoms with Gasteiger partial charge in [0.25, 0.3) is 0 Å². The zero-order valence-corrected chi connectivity index (χ0v) is 16.1. The fraction of sp³-hybridized carbons (Fsp3) is 0.500. The highest BCUT2D eigenvalue weighted by Gasteiger charge is 2.77. The second kappa shape index (κ2) is 6.80. The Morgan fingerprint density at radius 1 is 1.20 bits per heavy atom. The number of hydrogen-bond donors (Lipinski definition) is 7. The molecule has 0 aromatic heterocycles. The average Bonchev–Trinajstić information content (AvgIpc) is 3.15. The van der Waals surface area contributed by atoms with Crippen LogP contribution in [0.3, 0.4) is 0 Å². The fourth-order valence-corrected chi connectivity index (χ4v) is 4.49. The highest BCUT2D eigenvalue weighted by molar-refractivity contribution is 5.90. The largest absolute Gasteiger partial charge is 0.451 e. The molecule has 1 spiro atoms. The first-order chi connectivity index (χ1) is 14.2. The number of benzene rings is 1. The van der Waals surface area contributed by atoms with Crippen LogP contribution < -0.4 is 16.8 Å². The molecule has 5 atom stereocenters. The smallest absolute Gasteiger partial charge is 0.338 e. The molecule has 0 saturated carbocycles. The van der Waals surface area contributed by atoms with Gasteiger partial charge in [-0.25, -0.2) is 14.8 Å². The first kappa shape index (κ1) is 20.3. The Bertz CT molecular complexity index is 918. The Hall–Kier alpha value is -2.93. The number of ether oxygens (including phenoxy) is 1. The van der Waals surface area contributed by atoms with Crippen molar-refractivity contribution >= 4 is 17.9 Å². The van der Waals surface area contributed by atoms with Gasteiger partial charge >= 0.3 is 5.97 Å². The van der Waals surface area contributed by atoms with E-state index in [1.165, 1.54) is 17.0 Å². The van der Waals surface area contributed by atoms with Crippen LogP contribution in [-0.2, 0) is 4.74 Å². The lowest BCUT2D eigenvalue weighted by Gasteiger charge is -2.48. The van der Waals surface area contributed by atoms with E-state index in [0.29, 0.717) is 0 Å². The van der Waals surface area contributed by atoms with Crippen molar-refractivity contribution in [1.82, 2.24) is 10.2 Å². The molecular weight excluding hydrogens is 396 g/mol. The fourth-order valence-electron chi connectivity index (χ4n) is 4.49. The van der Waals surface area contributed by atoms with Crippen molar-refractivity contribution in [2.24, 2.45) is 21.5 Å². The minimum atomic E-state index is -2.80. The Labute approximate surface area is 171 Å². The third-order valence-corrected chi connectivity index (χ3v) is 5.85. The number of carbonyl (C=O) groups is 1. The summed E-state index contributed by atoms with van der Waals surface area (Å²) < 4.78 is 5.46. The summed E-state index contributed by atoms with van der Waals surface area (Å²) in [6.45, 7) is 0.714. The highest BCUT2D eigenvalue weighted by atomic mass is 16.6. The number of hydrogen-bond acceptors (Lipinski definition) is 12. The van der Waals surface area contributed by atoms with Gasteiger partial charge in [0.15, 0.2) is 23.7 Å². The first-order valence-corrected chi connectivity index (χ1v) is 9.35. The number of carbonyl (C=O) groups excluding carboxylic acids is 1. The lowest BCUT2D eigenvalue weighted by atomic mass is 9.86. The zero-order valence-electron chi connectivity index (χ0n) is 16.1. The van der Waals surface area contributed by atoms with Crippen molar-refractivity contribution in [2.45, 2.75) is 42.6 Å². The van der Waals surface area contributed by atoms with Crippen LogP contribution in [0.5, 0.6) is 0 Å². The van der Waals surface area contributed by atoms with Gasteiger partial charge in [0, 0.05) is 0 Å². The topological polar surface area (TPSA) is 199 Å². The molecule has 3 heterocycles. The number of aliphatic hydroxyl groups excluding tert-OH is 2. The first-order valence-electron chi connectivity index (χ1n) is 9.35. The maximum absolute atomic E-state index is 12.7. The van der Waals surface area contributed by atoms with Gasteiger partial charge < -0.3 is 46.8 Å². The number of aryl methyl sites for hydroxylation is 1. The molecule has 1 aromatic carbocycles. The summed E-state index contributed by atoms with van der Waals surface area (Å²) >= 11 is 0. The number of aliphatic imine (C=N–C) groups is 2. The summed E-state index contributed by atoms with van der Waals surface area (Å²) in [5, 5.41) is 45.0. The van der Waals surface area contributed by atoms with Crippen LogP contribution in [0.25, 0.3) is 0 Å². The summed E-state index contributed by atoms with van der Waals surface area (Å²) in [6, 6.07) is 3.33. The number of guanidine groups is 2. The van der Waals surface area contributed by atoms with E-state index in [4.69, 9.17) is 16.2 Å². The van der Waals surface area contributed by atoms with Crippen LogP contribution in [0.2, 0.25) is 0 Å². The van der Waals surface area contributed by atoms with Crippen molar-refractivity contribution < 1.29 is 30.0 Å². The van der Waals surface area contributed by atoms with Gasteiger partial charge in [0.05, 0.1) is 18.8 Å². The number of nitrogens with one attached hydrogen (secondary N) is 1. The standard InChI is InChI=1S/C18H24N6O6/c1-8-2-4-9(5-3-8)14(27)30-13-11(7-26)24-16(20)21-10(6-25)12-17(24,18(13,28)29)23-15(19)22-12/h2-5,10-13,25-26,28-29H,6-7H2,1H3,(H2,20,21)(H3,19,22,23)/t10-,11-,12-,13-,17-/m0/s1. The number of nitrogens with zero attached hydrogens (tertiary/aromatic N) is 3. The van der Waals surface area contributed by atoms with E-state index < -0.39 is 54.9 Å². The van der Waals surface area contributed by atoms with E-state index in [-0.39, 0.29) is 17.5 Å². The molecule has 0 radical (unpaired) electrons. The second-order valence-electron chi connectivity index (χ2n) is 7.63. The Morgan fingerprint density at radius 2 is 1.87 bits per heavy atom. The maximum Gasteiger partial charge on any atom is 0.338 e. The molecule has 3 aliphatic heterocycles. The minimum Gasteiger partial charge on any atom is -0.451 e. The van der Waals surface area contributed by atoms with E-state index in [0.717, 1.165) is 5.56 Å². The van der Waals surface area contributed by atoms with Gasteiger partial charge in [-0.1, -0.05) is 17.7 Å². The number of esters is 1. The van der Waals surface area contributed by atoms with Crippen molar-refractivity contribution in [3.05, 3.63) is 35.4 Å². The average molecular weight is 420 g/mol. The van der Waals surface area contributed by atoms with Crippen LogP contribution in [0.1, 0.15) is 15.9 Å². The van der Waals surface area contributed by atoms with Crippen molar-refractivity contribution in [3.63, 3.8) is 0 Å². The summed E-state index contributed by atoms with van der Waals surface area (Å²) in [6.07, 6.45) is -1.64. The second-order valence-corrected chi connectivity index (χ2v) is 7.63. The van der Waals surface area contributed by atoms with E-state index >= 15 is 0 Å². The molecule has 9 N–H and O–H groups in total. The molecule has 0 bridgehead atoms. The van der Waals surface area contributed by atoms with E-state index in [2.05, 4.69) is 15.3 Å². The quantitative estimate of drug-likeness (QED) is 0.190. The Kier molecular flexibility index (Phi) is 4.62. The van der Waals surface area contributed by atoms with Crippen LogP contribution in [0.15, 0.2) is 34.3 Å². The van der Waals surface area contributed by atoms with Crippen molar-refractivity contribution in [3.8, 4) is 0 Å². The molecule has 12 heteroatoms. The molecule has 1 aromatic rings. The lowest BCUT2D eigenvalue weighted by Crippen LogP contribution is -2.78. The van der Waals surface area contributed by atoms with E-state index in [1.54, 1.807) is 12.1 Å². The molecule has 3 aliphatic rings. The Morgan fingerprint density at radius 3 is 2.47 bits per heavy atom. The molecule has 162 valence electrons. The van der Waals surface area contributed by atoms with Gasteiger partial charge in [0.2, 0.25) is 5.79 Å². The lowest BCUT2D eigenvalue weighted by molar-refractivity contribution is -0.258. The molecule has 1 saturated heterocycles. The molecule has 1 fully saturated rings. The third-order valence-electron chi connectivity index (χ3n) is 5.85. The van der Waals surface area contributed by atoms with E-state index in [1.807, 2.05) is 6.92 Å². The van der Waals surface area contributed by atoms with Gasteiger partial charge in [0.1, 0.15) is 18.1 Å². The summed E-state index contributed by atoms with van der Waals surface area (Å²) in [5.74, 6) is -3.95. The summed E-state index contributed by atoms with van der Waals surface area (Å²) in [7, 11) is 0. The third kappa shape index (κ3) is 2.58. The van der Waals surface area contributed by atoms with E-state index in [9.17, 15) is 25.2 Å². The summed E-state index contributed by atoms with van der Waals surface area (Å²) in [5.41, 5.74) is 11.1. The van der Waals surface area contributed by atoms with Gasteiger partial charge in [-0.05, 0) is 19.1 Å².